The van der Waals surface area contributed by atoms with Crippen LogP contribution in [0.3, 0.4) is 0 Å². The van der Waals surface area contributed by atoms with Gasteiger partial charge in [-0.05, 0) is 37.0 Å². The Labute approximate surface area is 176 Å². The third-order valence-electron chi connectivity index (χ3n) is 5.47. The van der Waals surface area contributed by atoms with Gasteiger partial charge in [-0.2, -0.15) is 5.10 Å². The number of hydrazone groups is 1. The smallest absolute Gasteiger partial charge is 0.243 e. The lowest BCUT2D eigenvalue weighted by Gasteiger charge is -2.27. The van der Waals surface area contributed by atoms with Gasteiger partial charge in [0.2, 0.25) is 11.8 Å². The SMILES string of the molecule is O=C(CCC(=O)N1CCC(c2ccccc2)=N1)Nc1ccc(N2CCCCC2)nc1. The first kappa shape index (κ1) is 20.1. The quantitative estimate of drug-likeness (QED) is 0.799. The molecule has 4 rings (SSSR count). The van der Waals surface area contributed by atoms with Crippen molar-refractivity contribution >= 4 is 29.0 Å². The van der Waals surface area contributed by atoms with Crippen molar-refractivity contribution in [3.63, 3.8) is 0 Å². The fraction of sp³-hybridized carbons (Fsp3) is 0.391. The van der Waals surface area contributed by atoms with Crippen molar-refractivity contribution in [3.05, 3.63) is 54.2 Å². The van der Waals surface area contributed by atoms with Crippen LogP contribution in [0.4, 0.5) is 11.5 Å². The van der Waals surface area contributed by atoms with Crippen LogP contribution in [0, 0.1) is 0 Å². The van der Waals surface area contributed by atoms with Crippen LogP contribution in [0.5, 0.6) is 0 Å². The molecule has 1 saturated heterocycles. The van der Waals surface area contributed by atoms with E-state index in [0.29, 0.717) is 12.2 Å². The second-order valence-corrected chi connectivity index (χ2v) is 7.68. The molecule has 0 radical (unpaired) electrons. The molecule has 30 heavy (non-hydrogen) atoms. The van der Waals surface area contributed by atoms with Gasteiger partial charge in [0, 0.05) is 32.4 Å². The lowest BCUT2D eigenvalue weighted by molar-refractivity contribution is -0.132. The predicted molar refractivity (Wildman–Crippen MR) is 117 cm³/mol. The Morgan fingerprint density at radius 2 is 1.73 bits per heavy atom. The average molecular weight is 406 g/mol. The number of hydrogen-bond donors (Lipinski definition) is 1. The Balaban J connectivity index is 1.24. The van der Waals surface area contributed by atoms with Gasteiger partial charge in [-0.1, -0.05) is 30.3 Å². The minimum Gasteiger partial charge on any atom is -0.357 e. The molecule has 2 aliphatic heterocycles. The van der Waals surface area contributed by atoms with Gasteiger partial charge in [-0.25, -0.2) is 9.99 Å². The molecular weight excluding hydrogens is 378 g/mol. The molecular formula is C23H27N5O2. The molecule has 0 unspecified atom stereocenters. The third-order valence-corrected chi connectivity index (χ3v) is 5.47. The highest BCUT2D eigenvalue weighted by Crippen LogP contribution is 2.19. The normalized spacial score (nSPS) is 16.3. The standard InChI is InChI=1S/C23H27N5O2/c29-22(25-19-9-10-21(24-17-19)27-14-5-2-6-15-27)11-12-23(30)28-16-13-20(26-28)18-7-3-1-4-8-18/h1,3-4,7-10,17H,2,5-6,11-16H2,(H,25,29). The molecule has 1 aromatic carbocycles. The minimum atomic E-state index is -0.192. The zero-order chi connectivity index (χ0) is 20.8. The Kier molecular flexibility index (Phi) is 6.37. The molecule has 3 heterocycles. The summed E-state index contributed by atoms with van der Waals surface area (Å²) in [5.41, 5.74) is 2.60. The van der Waals surface area contributed by atoms with Crippen LogP contribution in [0.25, 0.3) is 0 Å². The minimum absolute atomic E-state index is 0.124. The summed E-state index contributed by atoms with van der Waals surface area (Å²) in [7, 11) is 0. The molecule has 1 N–H and O–H groups in total. The van der Waals surface area contributed by atoms with Crippen molar-refractivity contribution in [2.75, 3.05) is 29.9 Å². The second kappa shape index (κ2) is 9.52. The molecule has 2 aliphatic rings. The highest BCUT2D eigenvalue weighted by Gasteiger charge is 2.22. The van der Waals surface area contributed by atoms with E-state index in [9.17, 15) is 9.59 Å². The second-order valence-electron chi connectivity index (χ2n) is 7.68. The van der Waals surface area contributed by atoms with Crippen molar-refractivity contribution in [2.24, 2.45) is 5.10 Å². The van der Waals surface area contributed by atoms with Gasteiger partial charge in [-0.15, -0.1) is 0 Å². The van der Waals surface area contributed by atoms with Gasteiger partial charge < -0.3 is 10.2 Å². The van der Waals surface area contributed by atoms with Crippen molar-refractivity contribution in [1.82, 2.24) is 9.99 Å². The fourth-order valence-corrected chi connectivity index (χ4v) is 3.81. The molecule has 7 nitrogen and oxygen atoms in total. The number of nitrogens with one attached hydrogen (secondary N) is 1. The van der Waals surface area contributed by atoms with Crippen LogP contribution in [-0.2, 0) is 9.59 Å². The van der Waals surface area contributed by atoms with E-state index >= 15 is 0 Å². The molecule has 0 bridgehead atoms. The topological polar surface area (TPSA) is 77.9 Å². The molecule has 2 amide bonds. The van der Waals surface area contributed by atoms with Gasteiger partial charge in [0.05, 0.1) is 24.1 Å². The number of piperidine rings is 1. The van der Waals surface area contributed by atoms with Gasteiger partial charge in [0.1, 0.15) is 5.82 Å². The summed E-state index contributed by atoms with van der Waals surface area (Å²) in [5.74, 6) is 0.626. The number of pyridine rings is 1. The number of aromatic nitrogens is 1. The number of carbonyl (C=O) groups excluding carboxylic acids is 2. The van der Waals surface area contributed by atoms with Gasteiger partial charge >= 0.3 is 0 Å². The van der Waals surface area contributed by atoms with Crippen LogP contribution < -0.4 is 10.2 Å². The number of carbonyl (C=O) groups is 2. The molecule has 1 aromatic heterocycles. The van der Waals surface area contributed by atoms with Crippen molar-refractivity contribution in [1.29, 1.82) is 0 Å². The summed E-state index contributed by atoms with van der Waals surface area (Å²) in [6.07, 6.45) is 6.34. The molecule has 0 saturated carbocycles. The summed E-state index contributed by atoms with van der Waals surface area (Å²) in [5, 5.41) is 8.73. The molecule has 2 aromatic rings. The van der Waals surface area contributed by atoms with E-state index in [4.69, 9.17) is 0 Å². The van der Waals surface area contributed by atoms with Crippen molar-refractivity contribution in [3.8, 4) is 0 Å². The van der Waals surface area contributed by atoms with Crippen LogP contribution >= 0.6 is 0 Å². The van der Waals surface area contributed by atoms with E-state index < -0.39 is 0 Å². The van der Waals surface area contributed by atoms with E-state index in [-0.39, 0.29) is 24.7 Å². The van der Waals surface area contributed by atoms with Crippen LogP contribution in [0.15, 0.2) is 53.8 Å². The summed E-state index contributed by atoms with van der Waals surface area (Å²) in [4.78, 5) is 31.4. The highest BCUT2D eigenvalue weighted by molar-refractivity contribution is 6.02. The van der Waals surface area contributed by atoms with Crippen LogP contribution in [-0.4, -0.2) is 47.2 Å². The average Bonchev–Trinajstić information content (AvgIpc) is 3.30. The Hall–Kier alpha value is -3.22. The maximum atomic E-state index is 12.4. The number of amides is 2. The Bertz CT molecular complexity index is 905. The van der Waals surface area contributed by atoms with E-state index in [0.717, 1.165) is 36.6 Å². The van der Waals surface area contributed by atoms with Crippen molar-refractivity contribution < 1.29 is 9.59 Å². The highest BCUT2D eigenvalue weighted by atomic mass is 16.2. The maximum absolute atomic E-state index is 12.4. The van der Waals surface area contributed by atoms with E-state index in [2.05, 4.69) is 20.3 Å². The number of anilines is 2. The number of rotatable bonds is 6. The summed E-state index contributed by atoms with van der Waals surface area (Å²) < 4.78 is 0. The third kappa shape index (κ3) is 5.03. The van der Waals surface area contributed by atoms with Gasteiger partial charge in [0.25, 0.3) is 0 Å². The lowest BCUT2D eigenvalue weighted by Crippen LogP contribution is -2.30. The van der Waals surface area contributed by atoms with E-state index in [1.807, 2.05) is 42.5 Å². The molecule has 156 valence electrons. The van der Waals surface area contributed by atoms with E-state index in [1.54, 1.807) is 6.20 Å². The number of nitrogens with zero attached hydrogens (tertiary/aromatic N) is 4. The largest absolute Gasteiger partial charge is 0.357 e. The monoisotopic (exact) mass is 405 g/mol. The molecule has 7 heteroatoms. The Morgan fingerprint density at radius 1 is 0.933 bits per heavy atom. The van der Waals surface area contributed by atoms with Crippen LogP contribution in [0.2, 0.25) is 0 Å². The van der Waals surface area contributed by atoms with Crippen molar-refractivity contribution in [2.45, 2.75) is 38.5 Å². The number of benzene rings is 1. The van der Waals surface area contributed by atoms with Gasteiger partial charge in [-0.3, -0.25) is 9.59 Å². The van der Waals surface area contributed by atoms with Crippen LogP contribution in [0.1, 0.15) is 44.1 Å². The molecule has 0 spiro atoms. The lowest BCUT2D eigenvalue weighted by atomic mass is 10.1. The first-order valence-electron chi connectivity index (χ1n) is 10.6. The molecule has 1 fully saturated rings. The van der Waals surface area contributed by atoms with E-state index in [1.165, 1.54) is 24.3 Å². The first-order valence-corrected chi connectivity index (χ1v) is 10.6. The Morgan fingerprint density at radius 3 is 2.47 bits per heavy atom. The maximum Gasteiger partial charge on any atom is 0.243 e. The first-order chi connectivity index (χ1) is 14.7. The molecule has 0 aliphatic carbocycles. The zero-order valence-corrected chi connectivity index (χ0v) is 17.1. The summed E-state index contributed by atoms with van der Waals surface area (Å²) in [6.45, 7) is 2.63. The van der Waals surface area contributed by atoms with Gasteiger partial charge in [0.15, 0.2) is 0 Å². The fourth-order valence-electron chi connectivity index (χ4n) is 3.81. The molecule has 0 atom stereocenters. The summed E-state index contributed by atoms with van der Waals surface area (Å²) >= 11 is 0. The summed E-state index contributed by atoms with van der Waals surface area (Å²) in [6, 6.07) is 13.7. The number of hydrogen-bond acceptors (Lipinski definition) is 5. The zero-order valence-electron chi connectivity index (χ0n) is 17.1. The predicted octanol–water partition coefficient (Wildman–Crippen LogP) is 3.43.